The van der Waals surface area contributed by atoms with E-state index < -0.39 is 18.5 Å². The van der Waals surface area contributed by atoms with E-state index in [-0.39, 0.29) is 6.42 Å². The first kappa shape index (κ1) is 22.8. The second-order valence-electron chi connectivity index (χ2n) is 7.70. The smallest absolute Gasteiger partial charge is 0.306 e. The molecule has 2 heterocycles. The van der Waals surface area contributed by atoms with Crippen molar-refractivity contribution >= 4 is 17.7 Å². The molecule has 1 amide bonds. The summed E-state index contributed by atoms with van der Waals surface area (Å²) in [4.78, 5) is 24.7. The molecule has 0 unspecified atom stereocenters. The molecule has 0 bridgehead atoms. The van der Waals surface area contributed by atoms with Crippen LogP contribution in [0.4, 0.5) is 5.82 Å². The number of nitrogens with zero attached hydrogens (tertiary/aromatic N) is 4. The third-order valence-corrected chi connectivity index (χ3v) is 5.70. The fourth-order valence-electron chi connectivity index (χ4n) is 3.75. The van der Waals surface area contributed by atoms with Gasteiger partial charge in [0.05, 0.1) is 11.3 Å². The standard InChI is InChI=1S/C24H27N5O3/c1-15-17(3)29(19-9-7-6-8-10-19)24(21(15)13-25)26-22(30)14-32-23(31)12-11-20-16(2)27-28(5)18(20)4/h6-10H,11-12,14H2,1-5H3,(H,26,30). The summed E-state index contributed by atoms with van der Waals surface area (Å²) in [5.74, 6) is -0.594. The van der Waals surface area contributed by atoms with E-state index in [0.717, 1.165) is 33.9 Å². The van der Waals surface area contributed by atoms with Gasteiger partial charge in [-0.1, -0.05) is 18.2 Å². The van der Waals surface area contributed by atoms with E-state index in [0.29, 0.717) is 17.8 Å². The Hall–Kier alpha value is -3.86. The van der Waals surface area contributed by atoms with Crippen LogP contribution in [0.3, 0.4) is 0 Å². The second kappa shape index (κ2) is 9.52. The van der Waals surface area contributed by atoms with Gasteiger partial charge in [-0.15, -0.1) is 0 Å². The minimum Gasteiger partial charge on any atom is -0.456 e. The molecule has 3 aromatic rings. The zero-order chi connectivity index (χ0) is 23.4. The summed E-state index contributed by atoms with van der Waals surface area (Å²) in [6.07, 6.45) is 0.655. The molecule has 0 aliphatic rings. The van der Waals surface area contributed by atoms with Gasteiger partial charge in [0.15, 0.2) is 6.61 Å². The zero-order valence-corrected chi connectivity index (χ0v) is 19.0. The number of esters is 1. The van der Waals surface area contributed by atoms with Crippen LogP contribution in [0.15, 0.2) is 30.3 Å². The molecule has 1 aromatic carbocycles. The molecule has 8 nitrogen and oxygen atoms in total. The van der Waals surface area contributed by atoms with Crippen molar-refractivity contribution in [2.24, 2.45) is 7.05 Å². The average Bonchev–Trinajstić information content (AvgIpc) is 3.16. The van der Waals surface area contributed by atoms with E-state index in [9.17, 15) is 14.9 Å². The van der Waals surface area contributed by atoms with E-state index in [1.807, 2.05) is 69.6 Å². The Kier molecular flexibility index (Phi) is 6.79. The van der Waals surface area contributed by atoms with E-state index in [1.165, 1.54) is 0 Å². The van der Waals surface area contributed by atoms with Crippen LogP contribution in [0.5, 0.6) is 0 Å². The molecular weight excluding hydrogens is 406 g/mol. The van der Waals surface area contributed by atoms with Gasteiger partial charge in [-0.2, -0.15) is 10.4 Å². The number of nitrogens with one attached hydrogen (secondary N) is 1. The highest BCUT2D eigenvalue weighted by atomic mass is 16.5. The molecule has 0 spiro atoms. The SMILES string of the molecule is Cc1nn(C)c(C)c1CCC(=O)OCC(=O)Nc1c(C#N)c(C)c(C)n1-c1ccccc1. The molecule has 0 aliphatic carbocycles. The fraction of sp³-hybridized carbons (Fsp3) is 0.333. The first-order chi connectivity index (χ1) is 15.2. The van der Waals surface area contributed by atoms with Crippen LogP contribution in [-0.2, 0) is 27.8 Å². The largest absolute Gasteiger partial charge is 0.456 e. The van der Waals surface area contributed by atoms with Crippen molar-refractivity contribution in [1.29, 1.82) is 5.26 Å². The molecule has 1 N–H and O–H groups in total. The number of hydrogen-bond donors (Lipinski definition) is 1. The molecule has 0 atom stereocenters. The van der Waals surface area contributed by atoms with E-state index >= 15 is 0 Å². The number of hydrogen-bond acceptors (Lipinski definition) is 5. The number of carbonyl (C=O) groups is 2. The third-order valence-electron chi connectivity index (χ3n) is 5.70. The van der Waals surface area contributed by atoms with Crippen molar-refractivity contribution in [3.63, 3.8) is 0 Å². The van der Waals surface area contributed by atoms with Crippen molar-refractivity contribution in [3.8, 4) is 11.8 Å². The molecule has 0 aliphatic heterocycles. The number of rotatable bonds is 7. The number of benzene rings is 1. The van der Waals surface area contributed by atoms with E-state index in [4.69, 9.17) is 4.74 Å². The predicted octanol–water partition coefficient (Wildman–Crippen LogP) is 3.43. The molecule has 166 valence electrons. The number of carbonyl (C=O) groups excluding carboxylic acids is 2. The highest BCUT2D eigenvalue weighted by Gasteiger charge is 2.21. The van der Waals surface area contributed by atoms with Crippen molar-refractivity contribution in [3.05, 3.63) is 64.1 Å². The second-order valence-corrected chi connectivity index (χ2v) is 7.70. The number of amides is 1. The minimum atomic E-state index is -0.502. The Balaban J connectivity index is 1.67. The van der Waals surface area contributed by atoms with Gasteiger partial charge in [0, 0.05) is 30.5 Å². The molecule has 0 radical (unpaired) electrons. The Morgan fingerprint density at radius 1 is 1.12 bits per heavy atom. The minimum absolute atomic E-state index is 0.155. The van der Waals surface area contributed by atoms with Crippen LogP contribution >= 0.6 is 0 Å². The summed E-state index contributed by atoms with van der Waals surface area (Å²) in [7, 11) is 1.86. The zero-order valence-electron chi connectivity index (χ0n) is 19.0. The van der Waals surface area contributed by atoms with Gasteiger partial charge < -0.3 is 10.1 Å². The summed E-state index contributed by atoms with van der Waals surface area (Å²) in [5, 5.41) is 16.7. The van der Waals surface area contributed by atoms with Gasteiger partial charge >= 0.3 is 5.97 Å². The van der Waals surface area contributed by atoms with Crippen molar-refractivity contribution in [2.45, 2.75) is 40.5 Å². The molecule has 2 aromatic heterocycles. The highest BCUT2D eigenvalue weighted by molar-refractivity contribution is 5.94. The molecule has 3 rings (SSSR count). The molecule has 0 saturated heterocycles. The van der Waals surface area contributed by atoms with Crippen LogP contribution < -0.4 is 5.32 Å². The lowest BCUT2D eigenvalue weighted by Crippen LogP contribution is -2.23. The lowest BCUT2D eigenvalue weighted by molar-refractivity contribution is -0.147. The van der Waals surface area contributed by atoms with Crippen molar-refractivity contribution in [2.75, 3.05) is 11.9 Å². The number of aromatic nitrogens is 3. The summed E-state index contributed by atoms with van der Waals surface area (Å²) in [6.45, 7) is 7.16. The lowest BCUT2D eigenvalue weighted by atomic mass is 10.1. The maximum absolute atomic E-state index is 12.6. The Bertz CT molecular complexity index is 1200. The van der Waals surface area contributed by atoms with Crippen LogP contribution in [0.25, 0.3) is 5.69 Å². The Labute approximate surface area is 187 Å². The lowest BCUT2D eigenvalue weighted by Gasteiger charge is -2.13. The maximum atomic E-state index is 12.6. The van der Waals surface area contributed by atoms with E-state index in [1.54, 1.807) is 4.68 Å². The molecule has 32 heavy (non-hydrogen) atoms. The Morgan fingerprint density at radius 2 is 1.81 bits per heavy atom. The van der Waals surface area contributed by atoms with Gasteiger partial charge in [0.25, 0.3) is 5.91 Å². The normalized spacial score (nSPS) is 10.6. The third kappa shape index (κ3) is 4.57. The van der Waals surface area contributed by atoms with Crippen molar-refractivity contribution < 1.29 is 14.3 Å². The van der Waals surface area contributed by atoms with Gasteiger partial charge in [0.2, 0.25) is 0 Å². The van der Waals surface area contributed by atoms with Gasteiger partial charge in [-0.3, -0.25) is 18.8 Å². The quantitative estimate of drug-likeness (QED) is 0.575. The fourth-order valence-corrected chi connectivity index (χ4v) is 3.75. The first-order valence-corrected chi connectivity index (χ1v) is 10.4. The monoisotopic (exact) mass is 433 g/mol. The van der Waals surface area contributed by atoms with Gasteiger partial charge in [-0.05, 0) is 57.4 Å². The van der Waals surface area contributed by atoms with Gasteiger partial charge in [-0.25, -0.2) is 0 Å². The number of aryl methyl sites for hydroxylation is 2. The van der Waals surface area contributed by atoms with Crippen LogP contribution in [0.2, 0.25) is 0 Å². The number of nitriles is 1. The summed E-state index contributed by atoms with van der Waals surface area (Å²) < 4.78 is 8.77. The van der Waals surface area contributed by atoms with E-state index in [2.05, 4.69) is 16.5 Å². The van der Waals surface area contributed by atoms with Gasteiger partial charge in [0.1, 0.15) is 11.9 Å². The molecule has 0 fully saturated rings. The van der Waals surface area contributed by atoms with Crippen LogP contribution in [0, 0.1) is 39.0 Å². The maximum Gasteiger partial charge on any atom is 0.306 e. The topological polar surface area (TPSA) is 102 Å². The average molecular weight is 434 g/mol. The highest BCUT2D eigenvalue weighted by Crippen LogP contribution is 2.29. The Morgan fingerprint density at radius 3 is 2.41 bits per heavy atom. The molecule has 8 heteroatoms. The molecule has 0 saturated carbocycles. The van der Waals surface area contributed by atoms with Crippen LogP contribution in [-0.4, -0.2) is 32.8 Å². The predicted molar refractivity (Wildman–Crippen MR) is 121 cm³/mol. The summed E-state index contributed by atoms with van der Waals surface area (Å²) in [5.41, 5.74) is 5.74. The van der Waals surface area contributed by atoms with Crippen molar-refractivity contribution in [1.82, 2.24) is 14.3 Å². The number of anilines is 1. The van der Waals surface area contributed by atoms with Crippen LogP contribution in [0.1, 0.15) is 40.2 Å². The number of para-hydroxylation sites is 1. The summed E-state index contributed by atoms with van der Waals surface area (Å²) in [6, 6.07) is 11.6. The summed E-state index contributed by atoms with van der Waals surface area (Å²) >= 11 is 0. The first-order valence-electron chi connectivity index (χ1n) is 10.4. The number of ether oxygens (including phenoxy) is 1. The molecular formula is C24H27N5O3.